The Morgan fingerprint density at radius 1 is 1.14 bits per heavy atom. The van der Waals surface area contributed by atoms with Gasteiger partial charge in [0.1, 0.15) is 18.2 Å². The normalized spacial score (nSPS) is 10.8. The quantitative estimate of drug-likeness (QED) is 0.539. The first-order valence-electron chi connectivity index (χ1n) is 9.41. The predicted octanol–water partition coefficient (Wildman–Crippen LogP) is 4.57. The number of imidazole rings is 1. The van der Waals surface area contributed by atoms with Gasteiger partial charge in [0.05, 0.1) is 12.8 Å². The third-order valence-electron chi connectivity index (χ3n) is 4.46. The van der Waals surface area contributed by atoms with Gasteiger partial charge >= 0.3 is 0 Å². The molecular formula is C23H26FN3O2. The minimum absolute atomic E-state index is 0.273. The molecule has 3 rings (SSSR count). The molecule has 29 heavy (non-hydrogen) atoms. The van der Waals surface area contributed by atoms with Crippen LogP contribution in [0.3, 0.4) is 0 Å². The summed E-state index contributed by atoms with van der Waals surface area (Å²) in [5.41, 5.74) is 3.36. The van der Waals surface area contributed by atoms with E-state index in [0.717, 1.165) is 22.5 Å². The maximum Gasteiger partial charge on any atom is 0.161 e. The Hall–Kier alpha value is -3.12. The average molecular weight is 395 g/mol. The van der Waals surface area contributed by atoms with Gasteiger partial charge < -0.3 is 19.4 Å². The lowest BCUT2D eigenvalue weighted by Crippen LogP contribution is -2.13. The van der Waals surface area contributed by atoms with E-state index in [4.69, 9.17) is 9.47 Å². The van der Waals surface area contributed by atoms with Crippen molar-refractivity contribution in [1.29, 1.82) is 0 Å². The van der Waals surface area contributed by atoms with Crippen LogP contribution in [0.4, 0.5) is 4.39 Å². The molecule has 6 heteroatoms. The number of aromatic nitrogens is 2. The highest BCUT2D eigenvalue weighted by Crippen LogP contribution is 2.28. The van der Waals surface area contributed by atoms with Gasteiger partial charge in [-0.3, -0.25) is 0 Å². The molecule has 0 radical (unpaired) electrons. The van der Waals surface area contributed by atoms with Crippen LogP contribution >= 0.6 is 0 Å². The Morgan fingerprint density at radius 3 is 2.48 bits per heavy atom. The van der Waals surface area contributed by atoms with Crippen LogP contribution in [0.2, 0.25) is 0 Å². The van der Waals surface area contributed by atoms with E-state index < -0.39 is 0 Å². The molecule has 2 aromatic carbocycles. The van der Waals surface area contributed by atoms with Gasteiger partial charge in [-0.15, -0.1) is 0 Å². The van der Waals surface area contributed by atoms with Crippen LogP contribution in [0.5, 0.6) is 11.5 Å². The highest BCUT2D eigenvalue weighted by molar-refractivity contribution is 5.43. The van der Waals surface area contributed by atoms with Crippen LogP contribution in [-0.2, 0) is 13.1 Å². The minimum Gasteiger partial charge on any atom is -0.493 e. The summed E-state index contributed by atoms with van der Waals surface area (Å²) in [6.45, 7) is 9.22. The molecule has 0 unspecified atom stereocenters. The number of aryl methyl sites for hydroxylation is 1. The monoisotopic (exact) mass is 395 g/mol. The van der Waals surface area contributed by atoms with E-state index >= 15 is 0 Å². The molecule has 1 N–H and O–H groups in total. The van der Waals surface area contributed by atoms with E-state index in [0.29, 0.717) is 36.9 Å². The molecule has 0 spiro atoms. The van der Waals surface area contributed by atoms with Crippen LogP contribution in [-0.4, -0.2) is 23.3 Å². The first kappa shape index (κ1) is 20.6. The number of rotatable bonds is 9. The van der Waals surface area contributed by atoms with E-state index in [1.54, 1.807) is 36.2 Å². The molecule has 3 aromatic rings. The number of ether oxygens (including phenoxy) is 2. The van der Waals surface area contributed by atoms with Crippen molar-refractivity contribution >= 4 is 0 Å². The lowest BCUT2D eigenvalue weighted by Gasteiger charge is -2.13. The molecule has 5 nitrogen and oxygen atoms in total. The molecule has 0 aliphatic heterocycles. The topological polar surface area (TPSA) is 48.3 Å². The summed E-state index contributed by atoms with van der Waals surface area (Å²) in [7, 11) is 1.62. The Balaban J connectivity index is 1.62. The Bertz CT molecular complexity index is 998. The molecule has 0 atom stereocenters. The predicted molar refractivity (Wildman–Crippen MR) is 112 cm³/mol. The Morgan fingerprint density at radius 2 is 1.86 bits per heavy atom. The molecule has 1 heterocycles. The lowest BCUT2D eigenvalue weighted by molar-refractivity contribution is 0.319. The summed E-state index contributed by atoms with van der Waals surface area (Å²) in [6, 6.07) is 11.0. The summed E-state index contributed by atoms with van der Waals surface area (Å²) < 4.78 is 27.4. The van der Waals surface area contributed by atoms with Crippen LogP contribution in [0.1, 0.15) is 23.9 Å². The summed E-state index contributed by atoms with van der Waals surface area (Å²) in [6.07, 6.45) is 3.41. The Labute approximate surface area is 170 Å². The second-order valence-corrected chi connectivity index (χ2v) is 6.96. The average Bonchev–Trinajstić information content (AvgIpc) is 3.12. The lowest BCUT2D eigenvalue weighted by atomic mass is 10.1. The number of hydrogen-bond donors (Lipinski definition) is 1. The van der Waals surface area contributed by atoms with Gasteiger partial charge in [-0.25, -0.2) is 9.37 Å². The molecule has 0 saturated carbocycles. The van der Waals surface area contributed by atoms with Crippen molar-refractivity contribution in [3.05, 3.63) is 83.7 Å². The maximum atomic E-state index is 14.5. The molecule has 1 aromatic heterocycles. The van der Waals surface area contributed by atoms with Crippen molar-refractivity contribution in [2.75, 3.05) is 13.7 Å². The van der Waals surface area contributed by atoms with E-state index in [1.807, 2.05) is 38.1 Å². The number of nitrogens with one attached hydrogen (secondary N) is 1. The second kappa shape index (κ2) is 9.39. The third kappa shape index (κ3) is 5.23. The molecule has 152 valence electrons. The smallest absolute Gasteiger partial charge is 0.161 e. The third-order valence-corrected chi connectivity index (χ3v) is 4.46. The molecule has 0 aliphatic carbocycles. The number of halogens is 1. The Kier molecular flexibility index (Phi) is 6.67. The van der Waals surface area contributed by atoms with Crippen molar-refractivity contribution in [3.63, 3.8) is 0 Å². The summed E-state index contributed by atoms with van der Waals surface area (Å²) in [4.78, 5) is 4.14. The fraction of sp³-hybridized carbons (Fsp3) is 0.261. The first-order valence-corrected chi connectivity index (χ1v) is 9.41. The SMILES string of the molecule is C=C(C)COc1cc(CNCc2ccc(-n3ccnc3C)c(F)c2)ccc1OC. The van der Waals surface area contributed by atoms with Crippen LogP contribution in [0.15, 0.2) is 60.9 Å². The van der Waals surface area contributed by atoms with E-state index in [1.165, 1.54) is 0 Å². The fourth-order valence-electron chi connectivity index (χ4n) is 2.98. The molecule has 0 saturated heterocycles. The van der Waals surface area contributed by atoms with Crippen LogP contribution in [0, 0.1) is 12.7 Å². The summed E-state index contributed by atoms with van der Waals surface area (Å²) in [5.74, 6) is 1.84. The van der Waals surface area contributed by atoms with Gasteiger partial charge in [-0.05, 0) is 54.8 Å². The van der Waals surface area contributed by atoms with Crippen LogP contribution < -0.4 is 14.8 Å². The summed E-state index contributed by atoms with van der Waals surface area (Å²) in [5, 5.41) is 3.34. The zero-order valence-electron chi connectivity index (χ0n) is 17.0. The van der Waals surface area contributed by atoms with Gasteiger partial charge in [-0.2, -0.15) is 0 Å². The number of methoxy groups -OCH3 is 1. The fourth-order valence-corrected chi connectivity index (χ4v) is 2.98. The van der Waals surface area contributed by atoms with Gasteiger partial charge in [-0.1, -0.05) is 18.7 Å². The highest BCUT2D eigenvalue weighted by Gasteiger charge is 2.09. The van der Waals surface area contributed by atoms with E-state index in [-0.39, 0.29) is 5.82 Å². The van der Waals surface area contributed by atoms with Gasteiger partial charge in [0.15, 0.2) is 11.5 Å². The zero-order valence-corrected chi connectivity index (χ0v) is 17.0. The van der Waals surface area contributed by atoms with Crippen LogP contribution in [0.25, 0.3) is 5.69 Å². The molecule has 0 bridgehead atoms. The van der Waals surface area contributed by atoms with Crippen molar-refractivity contribution in [3.8, 4) is 17.2 Å². The highest BCUT2D eigenvalue weighted by atomic mass is 19.1. The standard InChI is InChI=1S/C23H26FN3O2/c1-16(2)15-29-23-12-19(6-8-22(23)28-4)14-25-13-18-5-7-21(20(24)11-18)27-10-9-26-17(27)3/h5-12,25H,1,13-15H2,2-4H3. The molecule has 0 amide bonds. The maximum absolute atomic E-state index is 14.5. The molecule has 0 fully saturated rings. The minimum atomic E-state index is -0.273. The zero-order chi connectivity index (χ0) is 20.8. The number of nitrogens with zero attached hydrogens (tertiary/aromatic N) is 2. The van der Waals surface area contributed by atoms with Crippen molar-refractivity contribution in [2.24, 2.45) is 0 Å². The van der Waals surface area contributed by atoms with Crippen molar-refractivity contribution < 1.29 is 13.9 Å². The van der Waals surface area contributed by atoms with E-state index in [9.17, 15) is 4.39 Å². The van der Waals surface area contributed by atoms with Gasteiger partial charge in [0.2, 0.25) is 0 Å². The summed E-state index contributed by atoms with van der Waals surface area (Å²) >= 11 is 0. The van der Waals surface area contributed by atoms with Gasteiger partial charge in [0.25, 0.3) is 0 Å². The van der Waals surface area contributed by atoms with Crippen molar-refractivity contribution in [2.45, 2.75) is 26.9 Å². The largest absolute Gasteiger partial charge is 0.493 e. The van der Waals surface area contributed by atoms with Crippen molar-refractivity contribution in [1.82, 2.24) is 14.9 Å². The number of benzene rings is 2. The van der Waals surface area contributed by atoms with E-state index in [2.05, 4.69) is 16.9 Å². The number of hydrogen-bond acceptors (Lipinski definition) is 4. The second-order valence-electron chi connectivity index (χ2n) is 6.96. The molecular weight excluding hydrogens is 369 g/mol. The first-order chi connectivity index (χ1) is 14.0. The van der Waals surface area contributed by atoms with Gasteiger partial charge in [0, 0.05) is 25.5 Å². The molecule has 0 aliphatic rings.